The van der Waals surface area contributed by atoms with E-state index in [1.54, 1.807) is 7.11 Å². The molecular weight excluding hydrogens is 138 g/mol. The number of ether oxygens (including phenoxy) is 1. The normalized spacial score (nSPS) is 8.67. The minimum Gasteiger partial charge on any atom is -0.385 e. The van der Waals surface area contributed by atoms with Crippen molar-refractivity contribution < 1.29 is 4.74 Å². The predicted molar refractivity (Wildman–Crippen MR) is 42.0 cm³/mol. The van der Waals surface area contributed by atoms with Crippen molar-refractivity contribution in [3.05, 3.63) is 0 Å². The Morgan fingerprint density at radius 2 is 1.89 bits per heavy atom. The van der Waals surface area contributed by atoms with Crippen LogP contribution in [0, 0.1) is 0 Å². The summed E-state index contributed by atoms with van der Waals surface area (Å²) in [6.45, 7) is 1.68. The molecule has 0 aromatic carbocycles. The van der Waals surface area contributed by atoms with Crippen LogP contribution in [0.5, 0.6) is 0 Å². The predicted octanol–water partition coefficient (Wildman–Crippen LogP) is 1.18. The summed E-state index contributed by atoms with van der Waals surface area (Å²) in [6.07, 6.45) is 3.47. The Hall–Kier alpha value is 0.210. The van der Waals surface area contributed by atoms with Crippen LogP contribution in [0.1, 0.15) is 19.3 Å². The zero-order valence-corrected chi connectivity index (χ0v) is 6.75. The van der Waals surface area contributed by atoms with Gasteiger partial charge in [-0.1, -0.05) is 0 Å². The number of nitrogens with two attached hydrogens (primary N) is 1. The maximum Gasteiger partial charge on any atom is 0.0462 e. The number of halogens is 1. The van der Waals surface area contributed by atoms with Crippen LogP contribution in [0.3, 0.4) is 0 Å². The average molecular weight is 154 g/mol. The van der Waals surface area contributed by atoms with Gasteiger partial charge in [-0.2, -0.15) is 0 Å². The van der Waals surface area contributed by atoms with Gasteiger partial charge in [-0.25, -0.2) is 0 Å². The second-order valence-corrected chi connectivity index (χ2v) is 1.84. The molecule has 0 aliphatic heterocycles. The Kier molecular flexibility index (Phi) is 14.7. The van der Waals surface area contributed by atoms with Crippen molar-refractivity contribution >= 4 is 12.4 Å². The van der Waals surface area contributed by atoms with E-state index in [1.165, 1.54) is 6.42 Å². The van der Waals surface area contributed by atoms with E-state index in [1.807, 2.05) is 0 Å². The Labute approximate surface area is 63.2 Å². The lowest BCUT2D eigenvalue weighted by Crippen LogP contribution is -1.98. The molecule has 0 aliphatic carbocycles. The molecule has 0 bridgehead atoms. The molecule has 0 unspecified atom stereocenters. The second kappa shape index (κ2) is 11.1. The van der Waals surface area contributed by atoms with Crippen LogP contribution < -0.4 is 5.73 Å². The van der Waals surface area contributed by atoms with E-state index in [9.17, 15) is 0 Å². The van der Waals surface area contributed by atoms with E-state index in [4.69, 9.17) is 10.5 Å². The van der Waals surface area contributed by atoms with E-state index in [0.29, 0.717) is 0 Å². The fraction of sp³-hybridized carbons (Fsp3) is 1.00. The molecule has 2 nitrogen and oxygen atoms in total. The first-order valence-electron chi connectivity index (χ1n) is 3.11. The Balaban J connectivity index is 0. The van der Waals surface area contributed by atoms with E-state index in [0.717, 1.165) is 26.0 Å². The first kappa shape index (κ1) is 11.9. The van der Waals surface area contributed by atoms with Crippen molar-refractivity contribution in [2.24, 2.45) is 5.73 Å². The highest BCUT2D eigenvalue weighted by Crippen LogP contribution is 1.91. The quantitative estimate of drug-likeness (QED) is 0.603. The third-order valence-electron chi connectivity index (χ3n) is 1.05. The molecule has 58 valence electrons. The van der Waals surface area contributed by atoms with Gasteiger partial charge in [-0.3, -0.25) is 0 Å². The molecule has 2 N–H and O–H groups in total. The molecule has 0 saturated heterocycles. The molecule has 0 rings (SSSR count). The summed E-state index contributed by atoms with van der Waals surface area (Å²) >= 11 is 0. The van der Waals surface area contributed by atoms with Crippen LogP contribution in [0.15, 0.2) is 0 Å². The summed E-state index contributed by atoms with van der Waals surface area (Å²) in [5.41, 5.74) is 5.27. The second-order valence-electron chi connectivity index (χ2n) is 1.84. The minimum atomic E-state index is 0. The van der Waals surface area contributed by atoms with Crippen LogP contribution >= 0.6 is 12.4 Å². The standard InChI is InChI=1S/C6H15NO.ClH/c1-8-6-4-2-3-5-7;/h2-7H2,1H3;1H. The van der Waals surface area contributed by atoms with Crippen LogP contribution in [0.2, 0.25) is 0 Å². The molecule has 9 heavy (non-hydrogen) atoms. The molecule has 0 saturated carbocycles. The maximum atomic E-state index is 5.27. The van der Waals surface area contributed by atoms with Gasteiger partial charge in [-0.05, 0) is 25.8 Å². The molecule has 0 atom stereocenters. The molecule has 0 aromatic rings. The van der Waals surface area contributed by atoms with Gasteiger partial charge < -0.3 is 10.5 Å². The number of rotatable bonds is 5. The monoisotopic (exact) mass is 153 g/mol. The largest absolute Gasteiger partial charge is 0.385 e. The van der Waals surface area contributed by atoms with Crippen LogP contribution in [-0.2, 0) is 4.74 Å². The fourth-order valence-electron chi connectivity index (χ4n) is 0.568. The number of hydrogen-bond acceptors (Lipinski definition) is 2. The molecular formula is C6H16ClNO. The van der Waals surface area contributed by atoms with Gasteiger partial charge in [0, 0.05) is 13.7 Å². The van der Waals surface area contributed by atoms with Crippen molar-refractivity contribution in [1.82, 2.24) is 0 Å². The lowest BCUT2D eigenvalue weighted by Gasteiger charge is -1.95. The maximum absolute atomic E-state index is 5.27. The summed E-state index contributed by atoms with van der Waals surface area (Å²) in [4.78, 5) is 0. The molecule has 0 aliphatic rings. The first-order chi connectivity index (χ1) is 3.91. The van der Waals surface area contributed by atoms with Gasteiger partial charge in [0.2, 0.25) is 0 Å². The van der Waals surface area contributed by atoms with E-state index in [-0.39, 0.29) is 12.4 Å². The summed E-state index contributed by atoms with van der Waals surface area (Å²) < 4.78 is 4.85. The smallest absolute Gasteiger partial charge is 0.0462 e. The summed E-state index contributed by atoms with van der Waals surface area (Å²) in [7, 11) is 1.72. The molecule has 0 radical (unpaired) electrons. The van der Waals surface area contributed by atoms with Crippen molar-refractivity contribution in [1.29, 1.82) is 0 Å². The molecule has 0 spiro atoms. The van der Waals surface area contributed by atoms with Crippen molar-refractivity contribution in [3.63, 3.8) is 0 Å². The molecule has 0 aromatic heterocycles. The zero-order chi connectivity index (χ0) is 6.24. The molecule has 0 fully saturated rings. The van der Waals surface area contributed by atoms with Crippen LogP contribution in [0.25, 0.3) is 0 Å². The molecule has 0 heterocycles. The Bertz CT molecular complexity index is 38.0. The van der Waals surface area contributed by atoms with Crippen molar-refractivity contribution in [2.75, 3.05) is 20.3 Å². The van der Waals surface area contributed by atoms with E-state index < -0.39 is 0 Å². The van der Waals surface area contributed by atoms with Crippen molar-refractivity contribution in [2.45, 2.75) is 19.3 Å². The van der Waals surface area contributed by atoms with Crippen LogP contribution in [-0.4, -0.2) is 20.3 Å². The van der Waals surface area contributed by atoms with Gasteiger partial charge in [0.05, 0.1) is 0 Å². The third-order valence-corrected chi connectivity index (χ3v) is 1.05. The Morgan fingerprint density at radius 3 is 2.33 bits per heavy atom. The summed E-state index contributed by atoms with van der Waals surface area (Å²) in [6, 6.07) is 0. The van der Waals surface area contributed by atoms with Crippen LogP contribution in [0.4, 0.5) is 0 Å². The lowest BCUT2D eigenvalue weighted by molar-refractivity contribution is 0.192. The number of hydrogen-bond donors (Lipinski definition) is 1. The number of unbranched alkanes of at least 4 members (excludes halogenated alkanes) is 2. The van der Waals surface area contributed by atoms with E-state index in [2.05, 4.69) is 0 Å². The van der Waals surface area contributed by atoms with Gasteiger partial charge in [0.15, 0.2) is 0 Å². The lowest BCUT2D eigenvalue weighted by atomic mass is 10.2. The van der Waals surface area contributed by atoms with Gasteiger partial charge >= 0.3 is 0 Å². The fourth-order valence-corrected chi connectivity index (χ4v) is 0.568. The topological polar surface area (TPSA) is 35.2 Å². The highest BCUT2D eigenvalue weighted by atomic mass is 35.5. The minimum absolute atomic E-state index is 0. The third kappa shape index (κ3) is 11.7. The van der Waals surface area contributed by atoms with Gasteiger partial charge in [0.1, 0.15) is 0 Å². The van der Waals surface area contributed by atoms with Crippen molar-refractivity contribution in [3.8, 4) is 0 Å². The Morgan fingerprint density at radius 1 is 1.22 bits per heavy atom. The first-order valence-corrected chi connectivity index (χ1v) is 3.11. The average Bonchev–Trinajstić information content (AvgIpc) is 1.81. The van der Waals surface area contributed by atoms with Gasteiger partial charge in [0.25, 0.3) is 0 Å². The molecule has 3 heteroatoms. The highest BCUT2D eigenvalue weighted by molar-refractivity contribution is 5.85. The van der Waals surface area contributed by atoms with E-state index >= 15 is 0 Å². The van der Waals surface area contributed by atoms with Gasteiger partial charge in [-0.15, -0.1) is 12.4 Å². The summed E-state index contributed by atoms with van der Waals surface area (Å²) in [5.74, 6) is 0. The zero-order valence-electron chi connectivity index (χ0n) is 5.93. The SMILES string of the molecule is COCCCCCN.Cl. The summed E-state index contributed by atoms with van der Waals surface area (Å²) in [5, 5.41) is 0. The highest BCUT2D eigenvalue weighted by Gasteiger charge is 1.83. The number of methoxy groups -OCH3 is 1. The molecule has 0 amide bonds.